The number of amidine groups is 2. The molecule has 3 aliphatic rings. The fraction of sp³-hybridized carbons (Fsp3) is 0.0938. The minimum atomic E-state index is -0.327. The summed E-state index contributed by atoms with van der Waals surface area (Å²) in [4.78, 5) is 12.5. The number of nitrogens with zero attached hydrogens (tertiary/aromatic N) is 5. The molecular formula is C32H24N6O3. The molecular weight excluding hydrogens is 516 g/mol. The molecule has 0 fully saturated rings. The third-order valence-electron chi connectivity index (χ3n) is 7.46. The Kier molecular flexibility index (Phi) is 5.11. The smallest absolute Gasteiger partial charge is 0.231 e. The number of aliphatic imine (C=N–C) groups is 2. The van der Waals surface area contributed by atoms with Crippen molar-refractivity contribution in [3.8, 4) is 22.9 Å². The number of fused-ring (bicyclic) bond motifs is 5. The Balaban J connectivity index is 1.37. The van der Waals surface area contributed by atoms with E-state index in [4.69, 9.17) is 24.6 Å². The zero-order chi connectivity index (χ0) is 27.5. The molecule has 1 aromatic heterocycles. The highest BCUT2D eigenvalue weighted by atomic mass is 16.7. The fourth-order valence-electron chi connectivity index (χ4n) is 5.67. The van der Waals surface area contributed by atoms with Crippen molar-refractivity contribution in [1.29, 1.82) is 0 Å². The molecule has 9 nitrogen and oxygen atoms in total. The van der Waals surface area contributed by atoms with Gasteiger partial charge in [0.2, 0.25) is 6.79 Å². The number of rotatable bonds is 3. The number of benzene rings is 4. The first-order chi connectivity index (χ1) is 20.1. The van der Waals surface area contributed by atoms with Gasteiger partial charge in [0.05, 0.1) is 28.8 Å². The van der Waals surface area contributed by atoms with Gasteiger partial charge in [0.25, 0.3) is 0 Å². The van der Waals surface area contributed by atoms with Crippen molar-refractivity contribution < 1.29 is 14.6 Å². The number of nitrogens with one attached hydrogen (secondary N) is 1. The van der Waals surface area contributed by atoms with E-state index in [1.54, 1.807) is 12.1 Å². The Hall–Kier alpha value is -5.57. The van der Waals surface area contributed by atoms with Crippen molar-refractivity contribution in [3.05, 3.63) is 114 Å². The van der Waals surface area contributed by atoms with Crippen molar-refractivity contribution in [1.82, 2.24) is 9.78 Å². The van der Waals surface area contributed by atoms with Gasteiger partial charge >= 0.3 is 0 Å². The molecule has 41 heavy (non-hydrogen) atoms. The minimum Gasteiger partial charge on any atom is -0.508 e. The summed E-state index contributed by atoms with van der Waals surface area (Å²) in [5.41, 5.74) is 6.14. The van der Waals surface area contributed by atoms with Gasteiger partial charge < -0.3 is 24.8 Å². The summed E-state index contributed by atoms with van der Waals surface area (Å²) in [7, 11) is 0. The van der Waals surface area contributed by atoms with Crippen molar-refractivity contribution in [3.63, 3.8) is 0 Å². The number of anilines is 2. The Morgan fingerprint density at radius 2 is 1.68 bits per heavy atom. The lowest BCUT2D eigenvalue weighted by Gasteiger charge is -2.40. The third-order valence-corrected chi connectivity index (χ3v) is 7.46. The number of hydrogen-bond acceptors (Lipinski definition) is 8. The van der Waals surface area contributed by atoms with E-state index >= 15 is 0 Å². The molecule has 4 aromatic carbocycles. The van der Waals surface area contributed by atoms with Crippen molar-refractivity contribution >= 4 is 34.6 Å². The third kappa shape index (κ3) is 3.74. The number of ether oxygens (including phenoxy) is 2. The van der Waals surface area contributed by atoms with Crippen LogP contribution in [0.4, 0.5) is 22.9 Å². The predicted molar refractivity (Wildman–Crippen MR) is 158 cm³/mol. The van der Waals surface area contributed by atoms with Crippen LogP contribution >= 0.6 is 0 Å². The van der Waals surface area contributed by atoms with Crippen LogP contribution in [-0.4, -0.2) is 33.4 Å². The second-order valence-corrected chi connectivity index (χ2v) is 10.0. The van der Waals surface area contributed by atoms with E-state index < -0.39 is 0 Å². The zero-order valence-corrected chi connectivity index (χ0v) is 22.0. The van der Waals surface area contributed by atoms with Gasteiger partial charge in [-0.05, 0) is 61.0 Å². The number of aromatic nitrogens is 2. The first-order valence-corrected chi connectivity index (χ1v) is 13.3. The summed E-state index contributed by atoms with van der Waals surface area (Å²) in [6.45, 7) is 2.20. The highest BCUT2D eigenvalue weighted by molar-refractivity contribution is 6.51. The second-order valence-electron chi connectivity index (χ2n) is 10.0. The predicted octanol–water partition coefficient (Wildman–Crippen LogP) is 6.41. The zero-order valence-electron chi connectivity index (χ0n) is 22.0. The average molecular weight is 541 g/mol. The molecule has 3 aliphatic heterocycles. The molecule has 0 bridgehead atoms. The Morgan fingerprint density at radius 1 is 0.854 bits per heavy atom. The quantitative estimate of drug-likeness (QED) is 0.275. The SMILES string of the molecule is Cc1nn(-c2ccccc2)c2c1[C@@H](c1cccc(O)c1)N1C(=N2)C(Nc2ccc3c(c2)OCO3)=Nc2ccccc21. The van der Waals surface area contributed by atoms with E-state index in [1.807, 2.05) is 96.5 Å². The molecule has 0 amide bonds. The van der Waals surface area contributed by atoms with Gasteiger partial charge in [-0.3, -0.25) is 0 Å². The normalized spacial score (nSPS) is 16.3. The molecule has 0 unspecified atom stereocenters. The van der Waals surface area contributed by atoms with E-state index in [2.05, 4.69) is 10.2 Å². The highest BCUT2D eigenvalue weighted by Gasteiger charge is 2.41. The van der Waals surface area contributed by atoms with Crippen LogP contribution in [0.25, 0.3) is 5.69 Å². The van der Waals surface area contributed by atoms with Crippen LogP contribution in [0.5, 0.6) is 17.2 Å². The van der Waals surface area contributed by atoms with Gasteiger partial charge in [-0.1, -0.05) is 42.5 Å². The second kappa shape index (κ2) is 8.99. The molecule has 0 saturated heterocycles. The van der Waals surface area contributed by atoms with Crippen LogP contribution in [0, 0.1) is 6.92 Å². The number of hydrogen-bond donors (Lipinski definition) is 2. The van der Waals surface area contributed by atoms with Crippen LogP contribution in [0.1, 0.15) is 22.9 Å². The van der Waals surface area contributed by atoms with E-state index in [9.17, 15) is 5.11 Å². The van der Waals surface area contributed by atoms with Crippen LogP contribution in [0.15, 0.2) is 107 Å². The molecule has 9 heteroatoms. The molecule has 4 heterocycles. The first-order valence-electron chi connectivity index (χ1n) is 13.3. The largest absolute Gasteiger partial charge is 0.508 e. The summed E-state index contributed by atoms with van der Waals surface area (Å²) in [5.74, 6) is 3.51. The van der Waals surface area contributed by atoms with Crippen LogP contribution in [0.3, 0.4) is 0 Å². The minimum absolute atomic E-state index is 0.193. The van der Waals surface area contributed by atoms with Gasteiger partial charge in [0.15, 0.2) is 29.0 Å². The van der Waals surface area contributed by atoms with Crippen molar-refractivity contribution in [2.24, 2.45) is 9.98 Å². The number of phenolic OH excluding ortho intramolecular Hbond substituents is 1. The van der Waals surface area contributed by atoms with Gasteiger partial charge in [-0.15, -0.1) is 0 Å². The van der Waals surface area contributed by atoms with Crippen molar-refractivity contribution in [2.75, 3.05) is 17.0 Å². The van der Waals surface area contributed by atoms with E-state index in [-0.39, 0.29) is 18.6 Å². The maximum atomic E-state index is 10.5. The standard InChI is InChI=1S/C32H24N6O3/c1-19-28-29(20-8-7-11-23(39)16-20)37-25-13-6-5-12-24(25)34-30(33-21-14-15-26-27(17-21)41-18-40-26)32(37)35-31(28)38(36-19)22-9-3-2-4-10-22/h2-17,29,39H,18H2,1H3,(H,33,34)/t29-/m1/s1. The first kappa shape index (κ1) is 23.3. The van der Waals surface area contributed by atoms with Gasteiger partial charge in [-0.2, -0.15) is 5.10 Å². The molecule has 2 N–H and O–H groups in total. The highest BCUT2D eigenvalue weighted by Crippen LogP contribution is 2.48. The lowest BCUT2D eigenvalue weighted by atomic mass is 9.93. The maximum Gasteiger partial charge on any atom is 0.231 e. The summed E-state index contributed by atoms with van der Waals surface area (Å²) in [6.07, 6.45) is 0. The molecule has 0 spiro atoms. The molecule has 5 aromatic rings. The molecule has 0 aliphatic carbocycles. The van der Waals surface area contributed by atoms with E-state index in [0.29, 0.717) is 29.0 Å². The summed E-state index contributed by atoms with van der Waals surface area (Å²) in [6, 6.07) is 30.7. The molecule has 8 rings (SSSR count). The monoisotopic (exact) mass is 540 g/mol. The summed E-state index contributed by atoms with van der Waals surface area (Å²) < 4.78 is 13.0. The summed E-state index contributed by atoms with van der Waals surface area (Å²) >= 11 is 0. The number of aryl methyl sites for hydroxylation is 1. The van der Waals surface area contributed by atoms with Crippen LogP contribution in [0.2, 0.25) is 0 Å². The van der Waals surface area contributed by atoms with E-state index in [0.717, 1.165) is 39.6 Å². The molecule has 0 saturated carbocycles. The van der Waals surface area contributed by atoms with Gasteiger partial charge in [0.1, 0.15) is 5.75 Å². The summed E-state index contributed by atoms with van der Waals surface area (Å²) in [5, 5.41) is 19.0. The average Bonchev–Trinajstić information content (AvgIpc) is 3.60. The number of phenols is 1. The van der Waals surface area contributed by atoms with Gasteiger partial charge in [0, 0.05) is 17.3 Å². The molecule has 0 radical (unpaired) electrons. The topological polar surface area (TPSA) is 96.5 Å². The van der Waals surface area contributed by atoms with Crippen molar-refractivity contribution in [2.45, 2.75) is 13.0 Å². The Bertz CT molecular complexity index is 1900. The fourth-order valence-corrected chi connectivity index (χ4v) is 5.67. The Morgan fingerprint density at radius 3 is 2.56 bits per heavy atom. The Labute approximate surface area is 235 Å². The van der Waals surface area contributed by atoms with Crippen LogP contribution in [-0.2, 0) is 0 Å². The number of para-hydroxylation sites is 3. The van der Waals surface area contributed by atoms with Crippen LogP contribution < -0.4 is 19.7 Å². The van der Waals surface area contributed by atoms with E-state index in [1.165, 1.54) is 0 Å². The van der Waals surface area contributed by atoms with Gasteiger partial charge in [-0.25, -0.2) is 14.7 Å². The lowest BCUT2D eigenvalue weighted by molar-refractivity contribution is 0.174. The molecule has 1 atom stereocenters. The maximum absolute atomic E-state index is 10.5. The lowest BCUT2D eigenvalue weighted by Crippen LogP contribution is -2.46. The number of aromatic hydroxyl groups is 1. The molecule has 200 valence electrons.